The quantitative estimate of drug-likeness (QED) is 0.214. The van der Waals surface area contributed by atoms with Gasteiger partial charge in [-0.2, -0.15) is 0 Å². The largest absolute Gasteiger partial charge is 0.623 e. The molecule has 0 bridgehead atoms. The Hall–Kier alpha value is -1.39. The van der Waals surface area contributed by atoms with E-state index in [0.29, 0.717) is 5.69 Å². The number of hydrogen-bond donors (Lipinski definition) is 0. The summed E-state index contributed by atoms with van der Waals surface area (Å²) in [6, 6.07) is 0. The molecule has 1 aromatic heterocycles. The number of hydroxylamine groups is 1. The van der Waals surface area contributed by atoms with E-state index in [4.69, 9.17) is 0 Å². The average Bonchev–Trinajstić information content (AvgIpc) is 2.88. The van der Waals surface area contributed by atoms with Crippen molar-refractivity contribution in [1.82, 2.24) is 15.0 Å². The van der Waals surface area contributed by atoms with Crippen LogP contribution in [0.2, 0.25) is 0 Å². The predicted molar refractivity (Wildman–Crippen MR) is 91.2 cm³/mol. The van der Waals surface area contributed by atoms with Gasteiger partial charge in [0.1, 0.15) is 0 Å². The van der Waals surface area contributed by atoms with Crippen molar-refractivity contribution in [1.29, 1.82) is 0 Å². The zero-order valence-electron chi connectivity index (χ0n) is 14.7. The van der Waals surface area contributed by atoms with Crippen molar-refractivity contribution in [3.63, 3.8) is 0 Å². The first-order chi connectivity index (χ1) is 10.4. The predicted octanol–water partition coefficient (Wildman–Crippen LogP) is 4.15. The standard InChI is InChI=1S/C17H32N4O/c1-5-6-7-8-9-10-11-12-13-20-14-16(18-19-20)15-21(22)17(2,3)4/h14-15H,5-13H2,1-4H3/b21-15-. The van der Waals surface area contributed by atoms with Gasteiger partial charge in [-0.15, -0.1) is 5.10 Å². The number of hydrogen-bond acceptors (Lipinski definition) is 3. The molecule has 1 rings (SSSR count). The third-order valence-electron chi connectivity index (χ3n) is 3.71. The van der Waals surface area contributed by atoms with Crippen LogP contribution >= 0.6 is 0 Å². The van der Waals surface area contributed by atoms with E-state index in [9.17, 15) is 5.21 Å². The van der Waals surface area contributed by atoms with Gasteiger partial charge >= 0.3 is 0 Å². The van der Waals surface area contributed by atoms with Gasteiger partial charge in [-0.05, 0) is 6.42 Å². The maximum Gasteiger partial charge on any atom is 0.204 e. The molecular formula is C17H32N4O. The fraction of sp³-hybridized carbons (Fsp3) is 0.824. The summed E-state index contributed by atoms with van der Waals surface area (Å²) >= 11 is 0. The topological polar surface area (TPSA) is 56.8 Å². The van der Waals surface area contributed by atoms with Crippen LogP contribution in [0, 0.1) is 5.21 Å². The van der Waals surface area contributed by atoms with Gasteiger partial charge in [0.05, 0.1) is 6.20 Å². The van der Waals surface area contributed by atoms with E-state index in [1.807, 2.05) is 31.6 Å². The maximum atomic E-state index is 11.8. The first-order valence-corrected chi connectivity index (χ1v) is 8.65. The summed E-state index contributed by atoms with van der Waals surface area (Å²) in [5.41, 5.74) is 0.186. The van der Waals surface area contributed by atoms with E-state index in [-0.39, 0.29) is 0 Å². The highest BCUT2D eigenvalue weighted by atomic mass is 16.5. The van der Waals surface area contributed by atoms with Gasteiger partial charge in [0.15, 0.2) is 11.2 Å². The zero-order chi connectivity index (χ0) is 16.4. The minimum absolute atomic E-state index is 0.443. The number of aryl methyl sites for hydroxylation is 1. The molecule has 0 aliphatic carbocycles. The highest BCUT2D eigenvalue weighted by Crippen LogP contribution is 2.09. The van der Waals surface area contributed by atoms with Crippen molar-refractivity contribution in [2.24, 2.45) is 0 Å². The second kappa shape index (κ2) is 9.59. The monoisotopic (exact) mass is 308 g/mol. The first kappa shape index (κ1) is 18.7. The third kappa shape index (κ3) is 7.57. The molecule has 0 saturated carbocycles. The van der Waals surface area contributed by atoms with Crippen LogP contribution in [0.5, 0.6) is 0 Å². The Bertz CT molecular complexity index is 446. The minimum Gasteiger partial charge on any atom is -0.623 e. The second-order valence-electron chi connectivity index (χ2n) is 7.01. The summed E-state index contributed by atoms with van der Waals surface area (Å²) in [5.74, 6) is 0. The number of unbranched alkanes of at least 4 members (excludes halogenated alkanes) is 7. The van der Waals surface area contributed by atoms with Crippen molar-refractivity contribution in [2.45, 2.75) is 91.1 Å². The van der Waals surface area contributed by atoms with Gasteiger partial charge in [-0.25, -0.2) is 4.74 Å². The molecule has 0 fully saturated rings. The van der Waals surface area contributed by atoms with E-state index < -0.39 is 5.54 Å². The zero-order valence-corrected chi connectivity index (χ0v) is 14.7. The van der Waals surface area contributed by atoms with E-state index in [1.165, 1.54) is 51.2 Å². The summed E-state index contributed by atoms with van der Waals surface area (Å²) in [6.45, 7) is 8.76. The molecule has 5 heteroatoms. The van der Waals surface area contributed by atoms with E-state index >= 15 is 0 Å². The summed E-state index contributed by atoms with van der Waals surface area (Å²) in [5, 5.41) is 19.9. The smallest absolute Gasteiger partial charge is 0.204 e. The Morgan fingerprint density at radius 2 is 1.68 bits per heavy atom. The Labute approximate surface area is 135 Å². The van der Waals surface area contributed by atoms with E-state index in [0.717, 1.165) is 17.7 Å². The van der Waals surface area contributed by atoms with Crippen LogP contribution in [0.3, 0.4) is 0 Å². The molecule has 22 heavy (non-hydrogen) atoms. The van der Waals surface area contributed by atoms with Crippen LogP contribution in [-0.4, -0.2) is 31.5 Å². The lowest BCUT2D eigenvalue weighted by atomic mass is 10.1. The minimum atomic E-state index is -0.443. The lowest BCUT2D eigenvalue weighted by Crippen LogP contribution is -2.29. The van der Waals surface area contributed by atoms with E-state index in [1.54, 1.807) is 0 Å². The molecule has 0 radical (unpaired) electrons. The highest BCUT2D eigenvalue weighted by Gasteiger charge is 2.18. The van der Waals surface area contributed by atoms with Gasteiger partial charge in [-0.1, -0.05) is 57.1 Å². The summed E-state index contributed by atoms with van der Waals surface area (Å²) in [7, 11) is 0. The maximum absolute atomic E-state index is 11.8. The molecule has 0 amide bonds. The molecule has 0 aliphatic rings. The van der Waals surface area contributed by atoms with Crippen LogP contribution in [0.15, 0.2) is 6.20 Å². The van der Waals surface area contributed by atoms with Gasteiger partial charge in [0, 0.05) is 27.3 Å². The molecule has 0 spiro atoms. The molecule has 126 valence electrons. The molecule has 0 unspecified atom stereocenters. The number of aromatic nitrogens is 3. The van der Waals surface area contributed by atoms with Crippen LogP contribution in [0.25, 0.3) is 0 Å². The fourth-order valence-electron chi connectivity index (χ4n) is 2.20. The molecule has 0 aliphatic heterocycles. The molecule has 0 N–H and O–H groups in total. The lowest BCUT2D eigenvalue weighted by molar-refractivity contribution is -0.530. The highest BCUT2D eigenvalue weighted by molar-refractivity contribution is 5.71. The summed E-state index contributed by atoms with van der Waals surface area (Å²) < 4.78 is 2.76. The number of rotatable bonds is 10. The van der Waals surface area contributed by atoms with E-state index in [2.05, 4.69) is 17.2 Å². The molecule has 0 saturated heterocycles. The van der Waals surface area contributed by atoms with Gasteiger partial charge in [0.25, 0.3) is 0 Å². The van der Waals surface area contributed by atoms with Crippen molar-refractivity contribution < 1.29 is 4.74 Å². The van der Waals surface area contributed by atoms with Crippen LogP contribution in [0.4, 0.5) is 0 Å². The van der Waals surface area contributed by atoms with Crippen molar-refractivity contribution in [3.05, 3.63) is 17.1 Å². The molecule has 0 atom stereocenters. The van der Waals surface area contributed by atoms with Gasteiger partial charge in [0.2, 0.25) is 6.21 Å². The Morgan fingerprint density at radius 3 is 2.27 bits per heavy atom. The first-order valence-electron chi connectivity index (χ1n) is 8.65. The second-order valence-corrected chi connectivity index (χ2v) is 7.01. The SMILES string of the molecule is CCCCCCCCCCn1cc(/C=[N+](\[O-])C(C)(C)C)nn1. The Balaban J connectivity index is 2.23. The van der Waals surface area contributed by atoms with Gasteiger partial charge in [-0.3, -0.25) is 4.68 Å². The Morgan fingerprint density at radius 1 is 1.09 bits per heavy atom. The average molecular weight is 308 g/mol. The lowest BCUT2D eigenvalue weighted by Gasteiger charge is -2.17. The summed E-state index contributed by atoms with van der Waals surface area (Å²) in [6.07, 6.45) is 13.8. The molecule has 1 heterocycles. The van der Waals surface area contributed by atoms with Crippen LogP contribution in [-0.2, 0) is 6.54 Å². The van der Waals surface area contributed by atoms with Crippen LogP contribution in [0.1, 0.15) is 84.8 Å². The van der Waals surface area contributed by atoms with Crippen molar-refractivity contribution in [3.8, 4) is 0 Å². The summed E-state index contributed by atoms with van der Waals surface area (Å²) in [4.78, 5) is 0. The normalized spacial score (nSPS) is 12.8. The van der Waals surface area contributed by atoms with Crippen molar-refractivity contribution in [2.75, 3.05) is 0 Å². The van der Waals surface area contributed by atoms with Crippen LogP contribution < -0.4 is 0 Å². The fourth-order valence-corrected chi connectivity index (χ4v) is 2.20. The molecule has 0 aromatic carbocycles. The molecular weight excluding hydrogens is 276 g/mol. The Kier molecular flexibility index (Phi) is 8.13. The van der Waals surface area contributed by atoms with Crippen molar-refractivity contribution >= 4 is 6.21 Å². The molecule has 5 nitrogen and oxygen atoms in total. The number of nitrogens with zero attached hydrogens (tertiary/aromatic N) is 4. The third-order valence-corrected chi connectivity index (χ3v) is 3.71. The van der Waals surface area contributed by atoms with Gasteiger partial charge < -0.3 is 5.21 Å². The molecule has 1 aromatic rings.